The Morgan fingerprint density at radius 3 is 2.24 bits per heavy atom. The molecule has 1 fully saturated rings. The van der Waals surface area contributed by atoms with Gasteiger partial charge in [0.05, 0.1) is 5.41 Å². The van der Waals surface area contributed by atoms with Crippen LogP contribution in [0.5, 0.6) is 0 Å². The lowest BCUT2D eigenvalue weighted by molar-refractivity contribution is -0.156. The maximum absolute atomic E-state index is 13.1. The van der Waals surface area contributed by atoms with Crippen LogP contribution >= 0.6 is 0 Å². The molecule has 0 aromatic heterocycles. The van der Waals surface area contributed by atoms with Crippen molar-refractivity contribution in [1.82, 2.24) is 10.2 Å². The Labute approximate surface area is 193 Å². The van der Waals surface area contributed by atoms with E-state index in [9.17, 15) is 19.5 Å². The summed E-state index contributed by atoms with van der Waals surface area (Å²) in [6.07, 6.45) is 1.44. The molecule has 0 radical (unpaired) electrons. The molecule has 1 aliphatic carbocycles. The van der Waals surface area contributed by atoms with Crippen LogP contribution in [0.25, 0.3) is 11.1 Å². The Hall–Kier alpha value is -3.35. The number of carbonyl (C=O) groups excluding carboxylic acids is 2. The van der Waals surface area contributed by atoms with Crippen LogP contribution in [0.3, 0.4) is 0 Å². The predicted octanol–water partition coefficient (Wildman–Crippen LogP) is 4.02. The Balaban J connectivity index is 1.36. The lowest BCUT2D eigenvalue weighted by Gasteiger charge is -2.38. The molecule has 174 valence electrons. The minimum absolute atomic E-state index is 0.0394. The van der Waals surface area contributed by atoms with Gasteiger partial charge in [0.15, 0.2) is 0 Å². The number of aliphatic carboxylic acids is 1. The van der Waals surface area contributed by atoms with Crippen molar-refractivity contribution in [3.05, 3.63) is 59.7 Å². The van der Waals surface area contributed by atoms with Gasteiger partial charge < -0.3 is 20.1 Å². The Bertz CT molecular complexity index is 1020. The lowest BCUT2D eigenvalue weighted by atomic mass is 9.89. The van der Waals surface area contributed by atoms with Crippen molar-refractivity contribution in [2.75, 3.05) is 19.7 Å². The fourth-order valence-electron chi connectivity index (χ4n) is 4.84. The van der Waals surface area contributed by atoms with Crippen LogP contribution in [0, 0.1) is 5.41 Å². The Morgan fingerprint density at radius 2 is 1.64 bits per heavy atom. The molecule has 2 aliphatic rings. The summed E-state index contributed by atoms with van der Waals surface area (Å²) in [5, 5.41) is 12.2. The van der Waals surface area contributed by atoms with Crippen molar-refractivity contribution in [3.8, 4) is 11.1 Å². The first-order chi connectivity index (χ1) is 15.8. The summed E-state index contributed by atoms with van der Waals surface area (Å²) in [6.45, 7) is 4.11. The fourth-order valence-corrected chi connectivity index (χ4v) is 4.84. The van der Waals surface area contributed by atoms with Crippen LogP contribution in [0.15, 0.2) is 48.5 Å². The van der Waals surface area contributed by atoms with Crippen molar-refractivity contribution in [2.45, 2.75) is 45.1 Å². The maximum Gasteiger partial charge on any atom is 0.407 e. The number of ether oxygens (including phenoxy) is 1. The lowest BCUT2D eigenvalue weighted by Crippen LogP contribution is -2.54. The van der Waals surface area contributed by atoms with Crippen LogP contribution in [-0.4, -0.2) is 53.7 Å². The third-order valence-corrected chi connectivity index (χ3v) is 6.65. The number of hydrogen-bond donors (Lipinski definition) is 2. The van der Waals surface area contributed by atoms with Gasteiger partial charge in [0.1, 0.15) is 12.6 Å². The van der Waals surface area contributed by atoms with Crippen LogP contribution < -0.4 is 5.32 Å². The highest BCUT2D eigenvalue weighted by molar-refractivity contribution is 5.88. The standard InChI is InChI=1S/C26H30N2O5/c1-26(2,24(31)28-14-8-7-13-22(28)23(29)30)16-27-25(32)33-15-21-19-11-5-3-9-17(19)18-10-4-6-12-20(18)21/h3-6,9-12,21-22H,7-8,13-16H2,1-2H3,(H,27,32)(H,29,30)/t22-/m0/s1. The number of carboxylic acids is 1. The van der Waals surface area contributed by atoms with Crippen molar-refractivity contribution in [1.29, 1.82) is 0 Å². The minimum atomic E-state index is -0.983. The zero-order chi connectivity index (χ0) is 23.6. The number of nitrogens with zero attached hydrogens (tertiary/aromatic N) is 1. The van der Waals surface area contributed by atoms with Crippen LogP contribution in [-0.2, 0) is 14.3 Å². The summed E-state index contributed by atoms with van der Waals surface area (Å²) in [7, 11) is 0. The number of rotatable bonds is 6. The Kier molecular flexibility index (Phi) is 6.40. The van der Waals surface area contributed by atoms with Gasteiger partial charge in [0.25, 0.3) is 0 Å². The van der Waals surface area contributed by atoms with E-state index in [0.717, 1.165) is 35.1 Å². The number of fused-ring (bicyclic) bond motifs is 3. The summed E-state index contributed by atoms with van der Waals surface area (Å²) in [5.41, 5.74) is 3.63. The molecule has 2 aromatic carbocycles. The first-order valence-electron chi connectivity index (χ1n) is 11.4. The zero-order valence-corrected chi connectivity index (χ0v) is 19.0. The van der Waals surface area contributed by atoms with E-state index in [0.29, 0.717) is 13.0 Å². The van der Waals surface area contributed by atoms with Crippen molar-refractivity contribution < 1.29 is 24.2 Å². The molecule has 1 heterocycles. The molecular formula is C26H30N2O5. The number of carbonyl (C=O) groups is 3. The van der Waals surface area contributed by atoms with Crippen LogP contribution in [0.1, 0.15) is 50.2 Å². The molecule has 2 N–H and O–H groups in total. The molecule has 2 amide bonds. The Morgan fingerprint density at radius 1 is 1.03 bits per heavy atom. The predicted molar refractivity (Wildman–Crippen MR) is 124 cm³/mol. The van der Waals surface area contributed by atoms with Crippen molar-refractivity contribution >= 4 is 18.0 Å². The molecule has 2 aromatic rings. The van der Waals surface area contributed by atoms with Gasteiger partial charge in [0, 0.05) is 19.0 Å². The molecular weight excluding hydrogens is 420 g/mol. The average Bonchev–Trinajstić information content (AvgIpc) is 3.14. The van der Waals surface area contributed by atoms with Crippen LogP contribution in [0.2, 0.25) is 0 Å². The van der Waals surface area contributed by atoms with E-state index in [4.69, 9.17) is 4.74 Å². The third kappa shape index (κ3) is 4.58. The van der Waals surface area contributed by atoms with Gasteiger partial charge in [-0.15, -0.1) is 0 Å². The molecule has 0 spiro atoms. The molecule has 1 atom stereocenters. The highest BCUT2D eigenvalue weighted by Crippen LogP contribution is 2.44. The van der Waals surface area contributed by atoms with E-state index in [1.165, 1.54) is 4.90 Å². The highest BCUT2D eigenvalue weighted by Gasteiger charge is 2.39. The molecule has 0 unspecified atom stereocenters. The second kappa shape index (κ2) is 9.25. The number of hydrogen-bond acceptors (Lipinski definition) is 4. The number of piperidine rings is 1. The van der Waals surface area contributed by atoms with E-state index in [1.54, 1.807) is 13.8 Å². The van der Waals surface area contributed by atoms with Gasteiger partial charge in [-0.1, -0.05) is 48.5 Å². The van der Waals surface area contributed by atoms with E-state index in [2.05, 4.69) is 29.6 Å². The molecule has 1 aliphatic heterocycles. The van der Waals surface area contributed by atoms with Crippen molar-refractivity contribution in [2.24, 2.45) is 5.41 Å². The van der Waals surface area contributed by atoms with Gasteiger partial charge in [0.2, 0.25) is 5.91 Å². The quantitative estimate of drug-likeness (QED) is 0.693. The summed E-state index contributed by atoms with van der Waals surface area (Å²) in [4.78, 5) is 38.5. The average molecular weight is 451 g/mol. The number of benzene rings is 2. The number of alkyl carbamates (subject to hydrolysis) is 1. The summed E-state index contributed by atoms with van der Waals surface area (Å²) in [5.74, 6) is -1.29. The van der Waals surface area contributed by atoms with Crippen LogP contribution in [0.4, 0.5) is 4.79 Å². The van der Waals surface area contributed by atoms with E-state index >= 15 is 0 Å². The summed E-state index contributed by atoms with van der Waals surface area (Å²) < 4.78 is 5.55. The topological polar surface area (TPSA) is 95.9 Å². The third-order valence-electron chi connectivity index (χ3n) is 6.65. The largest absolute Gasteiger partial charge is 0.480 e. The first-order valence-corrected chi connectivity index (χ1v) is 11.4. The van der Waals surface area contributed by atoms with Gasteiger partial charge in [-0.05, 0) is 55.4 Å². The van der Waals surface area contributed by atoms with Gasteiger partial charge >= 0.3 is 12.1 Å². The maximum atomic E-state index is 13.1. The van der Waals surface area contributed by atoms with Crippen molar-refractivity contribution in [3.63, 3.8) is 0 Å². The normalized spacial score (nSPS) is 17.8. The molecule has 0 bridgehead atoms. The van der Waals surface area contributed by atoms with Gasteiger partial charge in [-0.3, -0.25) is 4.79 Å². The fraction of sp³-hybridized carbons (Fsp3) is 0.423. The smallest absolute Gasteiger partial charge is 0.407 e. The molecule has 7 heteroatoms. The van der Waals surface area contributed by atoms with E-state index in [-0.39, 0.29) is 25.0 Å². The highest BCUT2D eigenvalue weighted by atomic mass is 16.5. The first kappa shape index (κ1) is 22.8. The van der Waals surface area contributed by atoms with Gasteiger partial charge in [-0.25, -0.2) is 9.59 Å². The van der Waals surface area contributed by atoms with E-state index < -0.39 is 23.5 Å². The molecule has 0 saturated carbocycles. The zero-order valence-electron chi connectivity index (χ0n) is 19.0. The summed E-state index contributed by atoms with van der Waals surface area (Å²) >= 11 is 0. The molecule has 4 rings (SSSR count). The number of carboxylic acid groups (broad SMARTS) is 1. The number of amides is 2. The monoisotopic (exact) mass is 450 g/mol. The number of likely N-dealkylation sites (tertiary alicyclic amines) is 1. The minimum Gasteiger partial charge on any atom is -0.480 e. The molecule has 1 saturated heterocycles. The number of nitrogens with one attached hydrogen (secondary N) is 1. The second-order valence-electron chi connectivity index (χ2n) is 9.41. The second-order valence-corrected chi connectivity index (χ2v) is 9.41. The summed E-state index contributed by atoms with van der Waals surface area (Å²) in [6, 6.07) is 15.4. The molecule has 33 heavy (non-hydrogen) atoms. The van der Waals surface area contributed by atoms with Gasteiger partial charge in [-0.2, -0.15) is 0 Å². The SMILES string of the molecule is CC(C)(CNC(=O)OCC1c2ccccc2-c2ccccc21)C(=O)N1CCCC[C@H]1C(=O)O. The molecule has 7 nitrogen and oxygen atoms in total. The van der Waals surface area contributed by atoms with E-state index in [1.807, 2.05) is 24.3 Å².